The Morgan fingerprint density at radius 3 is 2.53 bits per heavy atom. The summed E-state index contributed by atoms with van der Waals surface area (Å²) < 4.78 is 10.8. The largest absolute Gasteiger partial charge is 0.459 e. The molecule has 0 unspecified atom stereocenters. The molecule has 0 heterocycles. The van der Waals surface area contributed by atoms with E-state index in [0.29, 0.717) is 12.6 Å². The van der Waals surface area contributed by atoms with Crippen LogP contribution in [0.3, 0.4) is 0 Å². The van der Waals surface area contributed by atoms with E-state index in [9.17, 15) is 4.79 Å². The van der Waals surface area contributed by atoms with Gasteiger partial charge in [-0.2, -0.15) is 0 Å². The SMILES string of the molecule is CCN(CC(=O)O[C@@H]1CCC[C@H]1OC)C1CC1. The van der Waals surface area contributed by atoms with Crippen LogP contribution in [0.5, 0.6) is 0 Å². The maximum atomic E-state index is 11.8. The number of hydrogen-bond donors (Lipinski definition) is 0. The summed E-state index contributed by atoms with van der Waals surface area (Å²) in [6.45, 7) is 3.46. The second kappa shape index (κ2) is 5.83. The zero-order valence-corrected chi connectivity index (χ0v) is 10.9. The number of nitrogens with zero attached hydrogens (tertiary/aromatic N) is 1. The van der Waals surface area contributed by atoms with Gasteiger partial charge in [0.1, 0.15) is 6.10 Å². The molecule has 2 atom stereocenters. The van der Waals surface area contributed by atoms with E-state index in [4.69, 9.17) is 9.47 Å². The summed E-state index contributed by atoms with van der Waals surface area (Å²) >= 11 is 0. The number of esters is 1. The van der Waals surface area contributed by atoms with E-state index in [1.54, 1.807) is 7.11 Å². The van der Waals surface area contributed by atoms with Crippen LogP contribution in [0.4, 0.5) is 0 Å². The van der Waals surface area contributed by atoms with Crippen molar-refractivity contribution in [3.63, 3.8) is 0 Å². The van der Waals surface area contributed by atoms with Gasteiger partial charge in [-0.3, -0.25) is 9.69 Å². The molecule has 2 fully saturated rings. The Morgan fingerprint density at radius 2 is 1.94 bits per heavy atom. The predicted octanol–water partition coefficient (Wildman–Crippen LogP) is 1.58. The molecule has 4 heteroatoms. The third-order valence-corrected chi connectivity index (χ3v) is 3.78. The van der Waals surface area contributed by atoms with Crippen molar-refractivity contribution in [1.29, 1.82) is 0 Å². The summed E-state index contributed by atoms with van der Waals surface area (Å²) in [5, 5.41) is 0. The zero-order chi connectivity index (χ0) is 12.3. The van der Waals surface area contributed by atoms with Crippen LogP contribution in [0.25, 0.3) is 0 Å². The van der Waals surface area contributed by atoms with Gasteiger partial charge in [0.2, 0.25) is 0 Å². The van der Waals surface area contributed by atoms with E-state index in [2.05, 4.69) is 11.8 Å². The molecule has 0 aromatic heterocycles. The lowest BCUT2D eigenvalue weighted by Gasteiger charge is -2.22. The Bertz CT molecular complexity index is 265. The second-order valence-electron chi connectivity index (χ2n) is 5.03. The molecule has 4 nitrogen and oxygen atoms in total. The molecule has 2 saturated carbocycles. The van der Waals surface area contributed by atoms with E-state index in [-0.39, 0.29) is 18.2 Å². The van der Waals surface area contributed by atoms with Crippen LogP contribution in [0, 0.1) is 0 Å². The third kappa shape index (κ3) is 3.42. The van der Waals surface area contributed by atoms with Gasteiger partial charge in [0.15, 0.2) is 0 Å². The lowest BCUT2D eigenvalue weighted by atomic mass is 10.2. The second-order valence-corrected chi connectivity index (χ2v) is 5.03. The molecule has 2 aliphatic rings. The topological polar surface area (TPSA) is 38.8 Å². The van der Waals surface area contributed by atoms with Crippen LogP contribution in [-0.4, -0.2) is 49.3 Å². The molecule has 2 rings (SSSR count). The summed E-state index contributed by atoms with van der Waals surface area (Å²) in [6.07, 6.45) is 5.59. The molecule has 98 valence electrons. The van der Waals surface area contributed by atoms with Gasteiger partial charge in [0.25, 0.3) is 0 Å². The van der Waals surface area contributed by atoms with Gasteiger partial charge in [-0.1, -0.05) is 6.92 Å². The summed E-state index contributed by atoms with van der Waals surface area (Å²) in [5.74, 6) is -0.0901. The average molecular weight is 241 g/mol. The Hall–Kier alpha value is -0.610. The first-order valence-electron chi connectivity index (χ1n) is 6.71. The molecule has 0 aromatic carbocycles. The standard InChI is InChI=1S/C13H23NO3/c1-3-14(10-7-8-10)9-13(15)17-12-6-4-5-11(12)16-2/h10-12H,3-9H2,1-2H3/t11-,12-/m1/s1. The van der Waals surface area contributed by atoms with Gasteiger partial charge >= 0.3 is 5.97 Å². The highest BCUT2D eigenvalue weighted by atomic mass is 16.6. The van der Waals surface area contributed by atoms with Crippen LogP contribution < -0.4 is 0 Å². The van der Waals surface area contributed by atoms with Gasteiger partial charge in [-0.15, -0.1) is 0 Å². The van der Waals surface area contributed by atoms with Crippen molar-refractivity contribution in [2.24, 2.45) is 0 Å². The molecule has 0 aromatic rings. The molecule has 0 saturated heterocycles. The molecule has 0 aliphatic heterocycles. The first-order chi connectivity index (χ1) is 8.24. The molecule has 0 amide bonds. The smallest absolute Gasteiger partial charge is 0.320 e. The van der Waals surface area contributed by atoms with Crippen molar-refractivity contribution in [3.05, 3.63) is 0 Å². The quantitative estimate of drug-likeness (QED) is 0.662. The van der Waals surface area contributed by atoms with E-state index in [1.165, 1.54) is 12.8 Å². The number of methoxy groups -OCH3 is 1. The van der Waals surface area contributed by atoms with Crippen molar-refractivity contribution in [2.75, 3.05) is 20.2 Å². The van der Waals surface area contributed by atoms with Crippen LogP contribution >= 0.6 is 0 Å². The van der Waals surface area contributed by atoms with Gasteiger partial charge in [-0.25, -0.2) is 0 Å². The van der Waals surface area contributed by atoms with Crippen molar-refractivity contribution < 1.29 is 14.3 Å². The van der Waals surface area contributed by atoms with E-state index in [0.717, 1.165) is 25.8 Å². The Kier molecular flexibility index (Phi) is 4.40. The fourth-order valence-electron chi connectivity index (χ4n) is 2.61. The molecule has 17 heavy (non-hydrogen) atoms. The summed E-state index contributed by atoms with van der Waals surface area (Å²) in [7, 11) is 1.69. The van der Waals surface area contributed by atoms with Crippen LogP contribution in [0.2, 0.25) is 0 Å². The van der Waals surface area contributed by atoms with Crippen LogP contribution in [0.15, 0.2) is 0 Å². The van der Waals surface area contributed by atoms with E-state index in [1.807, 2.05) is 0 Å². The van der Waals surface area contributed by atoms with E-state index >= 15 is 0 Å². The molecule has 0 radical (unpaired) electrons. The normalized spacial score (nSPS) is 28.6. The third-order valence-electron chi connectivity index (χ3n) is 3.78. The molecular weight excluding hydrogens is 218 g/mol. The van der Waals surface area contributed by atoms with Crippen molar-refractivity contribution in [1.82, 2.24) is 4.90 Å². The Morgan fingerprint density at radius 1 is 1.24 bits per heavy atom. The Balaban J connectivity index is 1.75. The monoisotopic (exact) mass is 241 g/mol. The first-order valence-corrected chi connectivity index (χ1v) is 6.71. The highest BCUT2D eigenvalue weighted by Crippen LogP contribution is 2.27. The molecule has 2 aliphatic carbocycles. The zero-order valence-electron chi connectivity index (χ0n) is 10.9. The fourth-order valence-corrected chi connectivity index (χ4v) is 2.61. The highest BCUT2D eigenvalue weighted by molar-refractivity contribution is 5.72. The van der Waals surface area contributed by atoms with Crippen LogP contribution in [-0.2, 0) is 14.3 Å². The minimum absolute atomic E-state index is 0.0228. The summed E-state index contributed by atoms with van der Waals surface area (Å²) in [4.78, 5) is 14.1. The maximum Gasteiger partial charge on any atom is 0.320 e. The number of hydrogen-bond acceptors (Lipinski definition) is 4. The van der Waals surface area contributed by atoms with Crippen molar-refractivity contribution in [3.8, 4) is 0 Å². The average Bonchev–Trinajstić information content (AvgIpc) is 3.07. The van der Waals surface area contributed by atoms with Crippen molar-refractivity contribution >= 4 is 5.97 Å². The van der Waals surface area contributed by atoms with Crippen molar-refractivity contribution in [2.45, 2.75) is 57.3 Å². The predicted molar refractivity (Wildman–Crippen MR) is 64.8 cm³/mol. The lowest BCUT2D eigenvalue weighted by molar-refractivity contribution is -0.155. The van der Waals surface area contributed by atoms with Gasteiger partial charge < -0.3 is 9.47 Å². The number of rotatable bonds is 6. The first kappa shape index (κ1) is 12.8. The molecule has 0 spiro atoms. The maximum absolute atomic E-state index is 11.8. The summed E-state index contributed by atoms with van der Waals surface area (Å²) in [6, 6.07) is 0.620. The highest BCUT2D eigenvalue weighted by Gasteiger charge is 2.33. The fraction of sp³-hybridized carbons (Fsp3) is 0.923. The number of likely N-dealkylation sites (N-methyl/N-ethyl adjacent to an activating group) is 1. The van der Waals surface area contributed by atoms with Crippen LogP contribution in [0.1, 0.15) is 39.0 Å². The number of carbonyl (C=O) groups excluding carboxylic acids is 1. The summed E-state index contributed by atoms with van der Waals surface area (Å²) in [5.41, 5.74) is 0. The number of carbonyl (C=O) groups is 1. The lowest BCUT2D eigenvalue weighted by Crippen LogP contribution is -2.36. The Labute approximate surface area is 103 Å². The molecule has 0 bridgehead atoms. The minimum atomic E-state index is -0.0901. The molecular formula is C13H23NO3. The molecule has 0 N–H and O–H groups in total. The van der Waals surface area contributed by atoms with Gasteiger partial charge in [0, 0.05) is 13.2 Å². The van der Waals surface area contributed by atoms with Gasteiger partial charge in [-0.05, 0) is 38.6 Å². The number of ether oxygens (including phenoxy) is 2. The van der Waals surface area contributed by atoms with Gasteiger partial charge in [0.05, 0.1) is 12.6 Å². The van der Waals surface area contributed by atoms with E-state index < -0.39 is 0 Å². The minimum Gasteiger partial charge on any atom is -0.459 e.